The number of hydrazone groups is 1. The molecule has 0 saturated carbocycles. The van der Waals surface area contributed by atoms with Crippen molar-refractivity contribution in [2.24, 2.45) is 5.10 Å². The third-order valence-electron chi connectivity index (χ3n) is 4.24. The van der Waals surface area contributed by atoms with Crippen molar-refractivity contribution in [1.29, 1.82) is 0 Å². The second-order valence-electron chi connectivity index (χ2n) is 6.29. The van der Waals surface area contributed by atoms with Gasteiger partial charge in [-0.25, -0.2) is 8.42 Å². The summed E-state index contributed by atoms with van der Waals surface area (Å²) in [4.78, 5) is 14.2. The Balaban J connectivity index is 2.01. The Labute approximate surface area is 178 Å². The number of non-ortho nitro benzene ring substituents is 1. The molecule has 0 aliphatic heterocycles. The maximum atomic E-state index is 13.1. The van der Waals surface area contributed by atoms with Crippen molar-refractivity contribution < 1.29 is 18.1 Å². The van der Waals surface area contributed by atoms with Gasteiger partial charge in [0.1, 0.15) is 10.6 Å². The Kier molecular flexibility index (Phi) is 6.46. The number of nitro groups is 1. The fourth-order valence-electron chi connectivity index (χ4n) is 2.65. The second-order valence-corrected chi connectivity index (χ2v) is 7.94. The fraction of sp³-hybridized carbons (Fsp3) is 0.100. The minimum absolute atomic E-state index is 0.0660. The molecule has 10 nitrogen and oxygen atoms in total. The van der Waals surface area contributed by atoms with Crippen molar-refractivity contribution in [3.05, 3.63) is 82.7 Å². The van der Waals surface area contributed by atoms with E-state index in [2.05, 4.69) is 20.2 Å². The van der Waals surface area contributed by atoms with E-state index < -0.39 is 14.9 Å². The van der Waals surface area contributed by atoms with Gasteiger partial charge < -0.3 is 4.74 Å². The van der Waals surface area contributed by atoms with Crippen LogP contribution >= 0.6 is 0 Å². The largest absolute Gasteiger partial charge is 0.495 e. The van der Waals surface area contributed by atoms with Crippen LogP contribution in [-0.2, 0) is 10.0 Å². The summed E-state index contributed by atoms with van der Waals surface area (Å²) in [5.74, 6) is 0.302. The van der Waals surface area contributed by atoms with Crippen LogP contribution in [0.15, 0.2) is 77.0 Å². The number of ether oxygens (including phenoxy) is 1. The average molecular weight is 441 g/mol. The van der Waals surface area contributed by atoms with E-state index in [-0.39, 0.29) is 22.0 Å². The summed E-state index contributed by atoms with van der Waals surface area (Å²) in [5, 5.41) is 15.4. The molecule has 0 atom stereocenters. The van der Waals surface area contributed by atoms with Crippen LogP contribution in [0.1, 0.15) is 12.5 Å². The highest BCUT2D eigenvalue weighted by Crippen LogP contribution is 2.31. The molecule has 160 valence electrons. The number of aromatic nitrogens is 1. The second kappa shape index (κ2) is 9.22. The Morgan fingerprint density at radius 1 is 1.13 bits per heavy atom. The van der Waals surface area contributed by atoms with E-state index in [9.17, 15) is 18.5 Å². The van der Waals surface area contributed by atoms with Crippen molar-refractivity contribution in [2.75, 3.05) is 17.3 Å². The molecule has 0 spiro atoms. The summed E-state index contributed by atoms with van der Waals surface area (Å²) in [6.45, 7) is 1.72. The summed E-state index contributed by atoms with van der Waals surface area (Å²) < 4.78 is 33.8. The van der Waals surface area contributed by atoms with Gasteiger partial charge in [0.25, 0.3) is 15.7 Å². The SMILES string of the molecule is COc1ccccc1NS(=O)(=O)c1cc([N+](=O)[O-])ccc1N/N=C(/C)c1cccnc1. The highest BCUT2D eigenvalue weighted by atomic mass is 32.2. The Bertz CT molecular complexity index is 1230. The van der Waals surface area contributed by atoms with Crippen molar-refractivity contribution in [2.45, 2.75) is 11.8 Å². The fourth-order valence-corrected chi connectivity index (χ4v) is 3.90. The molecule has 0 radical (unpaired) electrons. The lowest BCUT2D eigenvalue weighted by molar-refractivity contribution is -0.385. The molecule has 0 amide bonds. The zero-order valence-electron chi connectivity index (χ0n) is 16.6. The number of para-hydroxylation sites is 2. The maximum Gasteiger partial charge on any atom is 0.270 e. The minimum atomic E-state index is -4.22. The Hall–Kier alpha value is -3.99. The van der Waals surface area contributed by atoms with Gasteiger partial charge in [0.2, 0.25) is 0 Å². The first kappa shape index (κ1) is 21.7. The average Bonchev–Trinajstić information content (AvgIpc) is 2.78. The van der Waals surface area contributed by atoms with Gasteiger partial charge in [-0.05, 0) is 31.2 Å². The van der Waals surface area contributed by atoms with Gasteiger partial charge in [-0.15, -0.1) is 0 Å². The summed E-state index contributed by atoms with van der Waals surface area (Å²) in [6, 6.07) is 13.4. The van der Waals surface area contributed by atoms with E-state index in [1.807, 2.05) is 0 Å². The molecule has 2 N–H and O–H groups in total. The van der Waals surface area contributed by atoms with E-state index in [1.54, 1.807) is 49.6 Å². The van der Waals surface area contributed by atoms with Crippen molar-refractivity contribution >= 4 is 32.8 Å². The molecule has 0 aliphatic carbocycles. The number of anilines is 2. The van der Waals surface area contributed by atoms with E-state index >= 15 is 0 Å². The van der Waals surface area contributed by atoms with Crippen molar-refractivity contribution in [3.8, 4) is 5.75 Å². The molecule has 0 unspecified atom stereocenters. The van der Waals surface area contributed by atoms with E-state index in [1.165, 1.54) is 25.3 Å². The molecule has 11 heteroatoms. The molecule has 0 fully saturated rings. The molecule has 3 rings (SSSR count). The lowest BCUT2D eigenvalue weighted by atomic mass is 10.2. The molecule has 1 heterocycles. The first-order chi connectivity index (χ1) is 14.8. The number of sulfonamides is 1. The summed E-state index contributed by atoms with van der Waals surface area (Å²) in [7, 11) is -2.82. The lowest BCUT2D eigenvalue weighted by Gasteiger charge is -2.14. The Morgan fingerprint density at radius 2 is 1.90 bits per heavy atom. The molecule has 3 aromatic rings. The lowest BCUT2D eigenvalue weighted by Crippen LogP contribution is -2.16. The third kappa shape index (κ3) is 5.14. The molecular formula is C20H19N5O5S. The normalized spacial score (nSPS) is 11.6. The molecule has 0 bridgehead atoms. The molecule has 0 saturated heterocycles. The number of pyridine rings is 1. The number of methoxy groups -OCH3 is 1. The monoisotopic (exact) mass is 441 g/mol. The van der Waals surface area contributed by atoms with Crippen LogP contribution in [-0.4, -0.2) is 31.1 Å². The number of rotatable bonds is 8. The zero-order chi connectivity index (χ0) is 22.4. The van der Waals surface area contributed by atoms with Crippen LogP contribution < -0.4 is 14.9 Å². The first-order valence-corrected chi connectivity index (χ1v) is 10.4. The molecular weight excluding hydrogens is 422 g/mol. The Morgan fingerprint density at radius 3 is 2.58 bits per heavy atom. The van der Waals surface area contributed by atoms with Crippen LogP contribution in [0, 0.1) is 10.1 Å². The molecule has 31 heavy (non-hydrogen) atoms. The third-order valence-corrected chi connectivity index (χ3v) is 5.65. The molecule has 0 aliphatic rings. The van der Waals surface area contributed by atoms with Gasteiger partial charge in [0.05, 0.1) is 29.1 Å². The smallest absolute Gasteiger partial charge is 0.270 e. The van der Waals surface area contributed by atoms with Crippen molar-refractivity contribution in [1.82, 2.24) is 4.98 Å². The quantitative estimate of drug-likeness (QED) is 0.309. The van der Waals surface area contributed by atoms with Crippen LogP contribution in [0.3, 0.4) is 0 Å². The predicted molar refractivity (Wildman–Crippen MR) is 117 cm³/mol. The van der Waals surface area contributed by atoms with Crippen LogP contribution in [0.25, 0.3) is 0 Å². The number of nitro benzene ring substituents is 1. The van der Waals surface area contributed by atoms with Crippen molar-refractivity contribution in [3.63, 3.8) is 0 Å². The van der Waals surface area contributed by atoms with E-state index in [4.69, 9.17) is 4.74 Å². The van der Waals surface area contributed by atoms with Gasteiger partial charge in [0, 0.05) is 30.1 Å². The number of nitrogens with one attached hydrogen (secondary N) is 2. The van der Waals surface area contributed by atoms with E-state index in [0.717, 1.165) is 11.6 Å². The maximum absolute atomic E-state index is 13.1. The summed E-state index contributed by atoms with van der Waals surface area (Å²) in [5.41, 5.74) is 3.85. The number of hydrogen-bond donors (Lipinski definition) is 2. The zero-order valence-corrected chi connectivity index (χ0v) is 17.5. The minimum Gasteiger partial charge on any atom is -0.495 e. The van der Waals surface area contributed by atoms with Gasteiger partial charge in [0.15, 0.2) is 0 Å². The number of nitrogens with zero attached hydrogens (tertiary/aromatic N) is 3. The first-order valence-electron chi connectivity index (χ1n) is 8.97. The van der Waals surface area contributed by atoms with Gasteiger partial charge >= 0.3 is 0 Å². The summed E-state index contributed by atoms with van der Waals surface area (Å²) >= 11 is 0. The number of benzene rings is 2. The molecule has 2 aromatic carbocycles. The standard InChI is InChI=1S/C20H19N5O5S/c1-14(15-6-5-11-21-13-15)22-23-18-10-9-16(25(26)27)12-20(18)31(28,29)24-17-7-3-4-8-19(17)30-2/h3-13,23-24H,1-2H3/b22-14-. The van der Waals surface area contributed by atoms with Crippen LogP contribution in [0.5, 0.6) is 5.75 Å². The summed E-state index contributed by atoms with van der Waals surface area (Å²) in [6.07, 6.45) is 3.23. The van der Waals surface area contributed by atoms with Crippen LogP contribution in [0.4, 0.5) is 17.1 Å². The van der Waals surface area contributed by atoms with Gasteiger partial charge in [-0.3, -0.25) is 25.2 Å². The highest BCUT2D eigenvalue weighted by Gasteiger charge is 2.24. The topological polar surface area (TPSA) is 136 Å². The number of hydrogen-bond acceptors (Lipinski definition) is 8. The van der Waals surface area contributed by atoms with Gasteiger partial charge in [-0.2, -0.15) is 5.10 Å². The van der Waals surface area contributed by atoms with Gasteiger partial charge in [-0.1, -0.05) is 18.2 Å². The highest BCUT2D eigenvalue weighted by molar-refractivity contribution is 7.93. The predicted octanol–water partition coefficient (Wildman–Crippen LogP) is 3.64. The molecule has 1 aromatic heterocycles. The van der Waals surface area contributed by atoms with E-state index in [0.29, 0.717) is 11.5 Å². The van der Waals surface area contributed by atoms with Crippen LogP contribution in [0.2, 0.25) is 0 Å².